The molecule has 2 rings (SSSR count). The second-order valence-corrected chi connectivity index (χ2v) is 10.8. The Morgan fingerprint density at radius 2 is 1.49 bits per heavy atom. The van der Waals surface area contributed by atoms with Gasteiger partial charge in [-0.1, -0.05) is 84.3 Å². The van der Waals surface area contributed by atoms with E-state index in [0.717, 1.165) is 29.1 Å². The third-order valence-corrected chi connectivity index (χ3v) is 7.28. The lowest BCUT2D eigenvalue weighted by molar-refractivity contribution is -0.140. The summed E-state index contributed by atoms with van der Waals surface area (Å²) in [7, 11) is 0. The lowest BCUT2D eigenvalue weighted by atomic mass is 10.1. The summed E-state index contributed by atoms with van der Waals surface area (Å²) >= 11 is 1.19. The van der Waals surface area contributed by atoms with E-state index in [9.17, 15) is 9.59 Å². The number of hydrogen-bond acceptors (Lipinski definition) is 5. The van der Waals surface area contributed by atoms with E-state index in [-0.39, 0.29) is 11.1 Å². The molecule has 0 bridgehead atoms. The highest BCUT2D eigenvalue weighted by atomic mass is 32.2. The zero-order valence-corrected chi connectivity index (χ0v) is 23.9. The quantitative estimate of drug-likeness (QED) is 0.0893. The fraction of sp³-hybridized carbons (Fsp3) is 0.500. The molecule has 4 nitrogen and oxygen atoms in total. The second-order valence-electron chi connectivity index (χ2n) is 9.75. The molecule has 2 aromatic carbocycles. The van der Waals surface area contributed by atoms with Crippen LogP contribution >= 0.6 is 11.8 Å². The van der Waals surface area contributed by atoms with Gasteiger partial charge in [0, 0.05) is 16.0 Å². The molecule has 0 heterocycles. The van der Waals surface area contributed by atoms with Gasteiger partial charge >= 0.3 is 5.97 Å². The van der Waals surface area contributed by atoms with Gasteiger partial charge in [-0.25, -0.2) is 4.79 Å². The van der Waals surface area contributed by atoms with Gasteiger partial charge in [0.2, 0.25) is 5.12 Å². The van der Waals surface area contributed by atoms with Crippen LogP contribution in [-0.4, -0.2) is 24.3 Å². The molecule has 202 valence electrons. The van der Waals surface area contributed by atoms with Crippen molar-refractivity contribution in [3.05, 3.63) is 65.2 Å². The molecule has 0 saturated heterocycles. The number of esters is 1. The van der Waals surface area contributed by atoms with Gasteiger partial charge in [0.15, 0.2) is 0 Å². The first-order valence-corrected chi connectivity index (χ1v) is 14.6. The van der Waals surface area contributed by atoms with Crippen LogP contribution in [0.1, 0.15) is 101 Å². The van der Waals surface area contributed by atoms with Crippen LogP contribution < -0.4 is 4.74 Å². The summed E-state index contributed by atoms with van der Waals surface area (Å²) < 4.78 is 11.2. The molecule has 0 radical (unpaired) electrons. The minimum absolute atomic E-state index is 0.0114. The van der Waals surface area contributed by atoms with E-state index in [1.54, 1.807) is 6.92 Å². The van der Waals surface area contributed by atoms with Crippen molar-refractivity contribution in [2.45, 2.75) is 90.4 Å². The van der Waals surface area contributed by atoms with Crippen LogP contribution in [0.25, 0.3) is 6.08 Å². The highest BCUT2D eigenvalue weighted by molar-refractivity contribution is 8.14. The summed E-state index contributed by atoms with van der Waals surface area (Å²) in [6.07, 6.45) is 13.0. The molecule has 0 aromatic heterocycles. The highest BCUT2D eigenvalue weighted by Gasteiger charge is 2.10. The molecule has 0 unspecified atom stereocenters. The summed E-state index contributed by atoms with van der Waals surface area (Å²) in [4.78, 5) is 25.7. The van der Waals surface area contributed by atoms with Gasteiger partial charge < -0.3 is 9.47 Å². The van der Waals surface area contributed by atoms with Gasteiger partial charge in [-0.15, -0.1) is 0 Å². The van der Waals surface area contributed by atoms with Crippen molar-refractivity contribution in [2.24, 2.45) is 5.92 Å². The summed E-state index contributed by atoms with van der Waals surface area (Å²) in [6.45, 7) is 9.29. The van der Waals surface area contributed by atoms with Crippen molar-refractivity contribution in [2.75, 3.05) is 13.2 Å². The van der Waals surface area contributed by atoms with Gasteiger partial charge in [0.1, 0.15) is 5.75 Å². The summed E-state index contributed by atoms with van der Waals surface area (Å²) in [5, 5.41) is -0.0114. The zero-order chi connectivity index (χ0) is 26.9. The Balaban J connectivity index is 1.74. The van der Waals surface area contributed by atoms with Crippen LogP contribution in [0.5, 0.6) is 5.75 Å². The molecule has 37 heavy (non-hydrogen) atoms. The van der Waals surface area contributed by atoms with E-state index in [1.807, 2.05) is 54.6 Å². The van der Waals surface area contributed by atoms with Crippen molar-refractivity contribution in [1.82, 2.24) is 0 Å². The number of thioether (sulfide) groups is 1. The van der Waals surface area contributed by atoms with Crippen molar-refractivity contribution in [1.29, 1.82) is 0 Å². The first-order chi connectivity index (χ1) is 17.9. The molecular weight excluding hydrogens is 480 g/mol. The first kappa shape index (κ1) is 30.7. The maximum atomic E-state index is 12.7. The largest absolute Gasteiger partial charge is 0.494 e. The van der Waals surface area contributed by atoms with Crippen LogP contribution in [0.3, 0.4) is 0 Å². The molecule has 0 N–H and O–H groups in total. The molecule has 2 aromatic rings. The number of ether oxygens (including phenoxy) is 2. The zero-order valence-electron chi connectivity index (χ0n) is 23.1. The minimum atomic E-state index is -0.292. The Labute approximate surface area is 228 Å². The van der Waals surface area contributed by atoms with Gasteiger partial charge in [0.05, 0.1) is 13.2 Å². The Kier molecular flexibility index (Phi) is 14.8. The van der Waals surface area contributed by atoms with Crippen LogP contribution in [0.4, 0.5) is 0 Å². The Morgan fingerprint density at radius 1 is 0.865 bits per heavy atom. The number of carbonyl (C=O) groups excluding carboxylic acids is 2. The maximum Gasteiger partial charge on any atom is 0.333 e. The smallest absolute Gasteiger partial charge is 0.333 e. The standard InChI is InChI=1S/C32H44O4S/c1-5-7-8-9-10-11-12-13-22-35-29-18-16-28(17-19-29)32(34)37-30-20-14-27(15-21-30)23-26(4)31(33)36-24-25(3)6-2/h14-21,23,25H,5-13,22,24H2,1-4H3/b26-23+/t25-/m0/s1. The molecule has 5 heteroatoms. The fourth-order valence-corrected chi connectivity index (χ4v) is 4.41. The van der Waals surface area contributed by atoms with Crippen molar-refractivity contribution in [3.8, 4) is 5.75 Å². The first-order valence-electron chi connectivity index (χ1n) is 13.8. The number of unbranched alkanes of at least 4 members (excludes halogenated alkanes) is 7. The predicted molar refractivity (Wildman–Crippen MR) is 155 cm³/mol. The second kappa shape index (κ2) is 17.8. The van der Waals surface area contributed by atoms with E-state index >= 15 is 0 Å². The summed E-state index contributed by atoms with van der Waals surface area (Å²) in [5.74, 6) is 0.867. The average molecular weight is 525 g/mol. The van der Waals surface area contributed by atoms with E-state index in [2.05, 4.69) is 20.8 Å². The van der Waals surface area contributed by atoms with E-state index in [4.69, 9.17) is 9.47 Å². The topological polar surface area (TPSA) is 52.6 Å². The van der Waals surface area contributed by atoms with Crippen molar-refractivity contribution < 1.29 is 19.1 Å². The van der Waals surface area contributed by atoms with E-state index in [0.29, 0.717) is 30.3 Å². The van der Waals surface area contributed by atoms with Gasteiger partial charge in [-0.3, -0.25) is 4.79 Å². The average Bonchev–Trinajstić information content (AvgIpc) is 2.91. The number of hydrogen-bond donors (Lipinski definition) is 0. The Hall–Kier alpha value is -2.53. The van der Waals surface area contributed by atoms with E-state index < -0.39 is 0 Å². The molecule has 0 spiro atoms. The molecule has 0 amide bonds. The van der Waals surface area contributed by atoms with Crippen molar-refractivity contribution >= 4 is 28.9 Å². The Bertz CT molecular complexity index is 963. The summed E-state index contributed by atoms with van der Waals surface area (Å²) in [6, 6.07) is 15.0. The summed E-state index contributed by atoms with van der Waals surface area (Å²) in [5.41, 5.74) is 2.10. The number of carbonyl (C=O) groups is 2. The Morgan fingerprint density at radius 3 is 2.11 bits per heavy atom. The lowest BCUT2D eigenvalue weighted by Crippen LogP contribution is -2.12. The number of rotatable bonds is 17. The van der Waals surface area contributed by atoms with Crippen molar-refractivity contribution in [3.63, 3.8) is 0 Å². The van der Waals surface area contributed by atoms with Crippen LogP contribution in [0.15, 0.2) is 59.0 Å². The predicted octanol–water partition coefficient (Wildman–Crippen LogP) is 9.13. The van der Waals surface area contributed by atoms with Gasteiger partial charge in [0.25, 0.3) is 0 Å². The molecule has 0 aliphatic carbocycles. The lowest BCUT2D eigenvalue weighted by Gasteiger charge is -2.09. The molecule has 1 atom stereocenters. The molecule has 0 fully saturated rings. The van der Waals surface area contributed by atoms with Crippen LogP contribution in [-0.2, 0) is 9.53 Å². The highest BCUT2D eigenvalue weighted by Crippen LogP contribution is 2.25. The van der Waals surface area contributed by atoms with Crippen LogP contribution in [0, 0.1) is 5.92 Å². The van der Waals surface area contributed by atoms with Crippen LogP contribution in [0.2, 0.25) is 0 Å². The third-order valence-electron chi connectivity index (χ3n) is 6.35. The normalized spacial score (nSPS) is 12.3. The SMILES string of the molecule is CCCCCCCCCCOc1ccc(C(=O)Sc2ccc(/C=C(\C)C(=O)OC[C@@H](C)CC)cc2)cc1. The van der Waals surface area contributed by atoms with Gasteiger partial charge in [-0.05, 0) is 79.1 Å². The maximum absolute atomic E-state index is 12.7. The van der Waals surface area contributed by atoms with E-state index in [1.165, 1.54) is 56.7 Å². The monoisotopic (exact) mass is 524 g/mol. The molecule has 0 aliphatic heterocycles. The third kappa shape index (κ3) is 12.5. The number of benzene rings is 2. The fourth-order valence-electron chi connectivity index (χ4n) is 3.67. The molecular formula is C32H44O4S. The minimum Gasteiger partial charge on any atom is -0.494 e. The van der Waals surface area contributed by atoms with Gasteiger partial charge in [-0.2, -0.15) is 0 Å². The molecule has 0 aliphatic rings. The molecule has 0 saturated carbocycles.